The predicted octanol–water partition coefficient (Wildman–Crippen LogP) is 3.77. The van der Waals surface area contributed by atoms with Gasteiger partial charge in [-0.2, -0.15) is 0 Å². The van der Waals surface area contributed by atoms with Crippen molar-refractivity contribution in [1.82, 2.24) is 29.7 Å². The smallest absolute Gasteiger partial charge is 0.243 e. The maximum Gasteiger partial charge on any atom is 0.243 e. The summed E-state index contributed by atoms with van der Waals surface area (Å²) < 4.78 is 57.9. The molecule has 0 unspecified atom stereocenters. The number of hydrogen-bond acceptors (Lipinski definition) is 9. The van der Waals surface area contributed by atoms with Crippen molar-refractivity contribution in [3.05, 3.63) is 66.0 Å². The largest absolute Gasteiger partial charge is 0.494 e. The number of methoxy groups -OCH3 is 2. The molecule has 0 aliphatic rings. The molecule has 0 amide bonds. The van der Waals surface area contributed by atoms with Gasteiger partial charge in [0.05, 0.1) is 14.2 Å². The van der Waals surface area contributed by atoms with Crippen LogP contribution in [-0.2, 0) is 15.7 Å². The van der Waals surface area contributed by atoms with Gasteiger partial charge in [-0.25, -0.2) is 22.8 Å². The molecule has 0 aliphatic heterocycles. The molecule has 11 nitrogen and oxygen atoms in total. The molecule has 13 heteroatoms. The molecule has 3 heterocycles. The lowest BCUT2D eigenvalue weighted by Gasteiger charge is -2.26. The van der Waals surface area contributed by atoms with E-state index in [0.717, 1.165) is 18.1 Å². The highest BCUT2D eigenvalue weighted by Gasteiger charge is 2.44. The van der Waals surface area contributed by atoms with Crippen LogP contribution in [-0.4, -0.2) is 57.6 Å². The lowest BCUT2D eigenvalue weighted by molar-refractivity contribution is 0.175. The van der Waals surface area contributed by atoms with Crippen LogP contribution in [0.15, 0.2) is 49.1 Å². The zero-order chi connectivity index (χ0) is 27.7. The van der Waals surface area contributed by atoms with E-state index < -0.39 is 20.9 Å². The number of sulfonamides is 1. The number of aromatic nitrogens is 6. The third-order valence-electron chi connectivity index (χ3n) is 6.10. The molecule has 2 atom stereocenters. The quantitative estimate of drug-likeness (QED) is 0.336. The molecule has 38 heavy (non-hydrogen) atoms. The highest BCUT2D eigenvalue weighted by molar-refractivity contribution is 7.93. The van der Waals surface area contributed by atoms with Crippen LogP contribution in [0.25, 0.3) is 17.1 Å². The number of rotatable bonds is 9. The van der Waals surface area contributed by atoms with Crippen LogP contribution in [0, 0.1) is 13.8 Å². The molecule has 1 aromatic carbocycles. The van der Waals surface area contributed by atoms with Gasteiger partial charge >= 0.3 is 0 Å². The molecule has 4 rings (SSSR count). The Morgan fingerprint density at radius 1 is 1.00 bits per heavy atom. The number of benzene rings is 1. The van der Waals surface area contributed by atoms with Crippen molar-refractivity contribution in [2.24, 2.45) is 0 Å². The van der Waals surface area contributed by atoms with E-state index in [9.17, 15) is 8.42 Å². The number of alkyl halides is 1. The Labute approximate surface area is 220 Å². The average molecular weight is 542 g/mol. The van der Waals surface area contributed by atoms with Crippen molar-refractivity contribution >= 4 is 16.0 Å². The van der Waals surface area contributed by atoms with Crippen LogP contribution in [0.1, 0.15) is 30.8 Å². The van der Waals surface area contributed by atoms with E-state index in [0.29, 0.717) is 22.7 Å². The minimum Gasteiger partial charge on any atom is -0.494 e. The van der Waals surface area contributed by atoms with E-state index in [1.807, 2.05) is 13.0 Å². The van der Waals surface area contributed by atoms with Crippen LogP contribution in [0.5, 0.6) is 11.5 Å². The first-order chi connectivity index (χ1) is 18.0. The Hall–Kier alpha value is -4.13. The van der Waals surface area contributed by atoms with Gasteiger partial charge in [0.2, 0.25) is 16.0 Å². The first-order valence-electron chi connectivity index (χ1n) is 11.6. The first kappa shape index (κ1) is 26.9. The zero-order valence-corrected chi connectivity index (χ0v) is 22.6. The van der Waals surface area contributed by atoms with Crippen molar-refractivity contribution in [1.29, 1.82) is 0 Å². The van der Waals surface area contributed by atoms with Gasteiger partial charge in [-0.1, -0.05) is 6.07 Å². The molecule has 0 spiro atoms. The molecule has 0 saturated carbocycles. The highest BCUT2D eigenvalue weighted by Crippen LogP contribution is 2.38. The number of halogens is 1. The number of anilines is 1. The number of hydrogen-bond donors (Lipinski definition) is 1. The number of para-hydroxylation sites is 1. The summed E-state index contributed by atoms with van der Waals surface area (Å²) in [6, 6.07) is 6.92. The van der Waals surface area contributed by atoms with Crippen molar-refractivity contribution in [2.75, 3.05) is 18.9 Å². The summed E-state index contributed by atoms with van der Waals surface area (Å²) in [5.74, 6) is 0.544. The van der Waals surface area contributed by atoms with Gasteiger partial charge < -0.3 is 9.47 Å². The monoisotopic (exact) mass is 541 g/mol. The number of pyridine rings is 1. The number of ether oxygens (including phenoxy) is 2. The fourth-order valence-corrected chi connectivity index (χ4v) is 5.06. The Morgan fingerprint density at radius 3 is 2.21 bits per heavy atom. The van der Waals surface area contributed by atoms with Crippen molar-refractivity contribution in [3.63, 3.8) is 0 Å². The van der Waals surface area contributed by atoms with E-state index in [4.69, 9.17) is 9.47 Å². The van der Waals surface area contributed by atoms with E-state index in [1.165, 1.54) is 38.1 Å². The van der Waals surface area contributed by atoms with Crippen LogP contribution < -0.4 is 14.2 Å². The fraction of sp³-hybridized carbons (Fsp3) is 0.320. The minimum atomic E-state index is -4.40. The molecule has 200 valence electrons. The third kappa shape index (κ3) is 5.01. The van der Waals surface area contributed by atoms with Crippen molar-refractivity contribution in [3.8, 4) is 28.6 Å². The fourth-order valence-electron chi connectivity index (χ4n) is 3.81. The molecular formula is C25H28FN7O4S. The summed E-state index contributed by atoms with van der Waals surface area (Å²) in [6.07, 6.45) is 6.11. The summed E-state index contributed by atoms with van der Waals surface area (Å²) in [5.41, 5.74) is 0.0541. The van der Waals surface area contributed by atoms with Crippen LogP contribution in [0.2, 0.25) is 0 Å². The summed E-state index contributed by atoms with van der Waals surface area (Å²) in [6.45, 7) is 5.98. The van der Waals surface area contributed by atoms with Gasteiger partial charge in [-0.05, 0) is 57.0 Å². The molecule has 0 saturated heterocycles. The second kappa shape index (κ2) is 10.3. The van der Waals surface area contributed by atoms with E-state index >= 15 is 4.39 Å². The second-order valence-electron chi connectivity index (χ2n) is 8.89. The predicted molar refractivity (Wildman–Crippen MR) is 140 cm³/mol. The van der Waals surface area contributed by atoms with Gasteiger partial charge in [-0.15, -0.1) is 10.2 Å². The minimum absolute atomic E-state index is 0.197. The molecule has 0 fully saturated rings. The molecule has 1 N–H and O–H groups in total. The van der Waals surface area contributed by atoms with Gasteiger partial charge in [0, 0.05) is 30.4 Å². The average Bonchev–Trinajstić information content (AvgIpc) is 3.30. The summed E-state index contributed by atoms with van der Waals surface area (Å²) >= 11 is 0. The number of nitrogens with zero attached hydrogens (tertiary/aromatic N) is 6. The molecule has 3 aromatic heterocycles. The van der Waals surface area contributed by atoms with Crippen LogP contribution >= 0.6 is 0 Å². The lowest BCUT2D eigenvalue weighted by atomic mass is 10.0. The van der Waals surface area contributed by atoms with Gasteiger partial charge in [-0.3, -0.25) is 14.3 Å². The molecular weight excluding hydrogens is 513 g/mol. The van der Waals surface area contributed by atoms with Crippen LogP contribution in [0.3, 0.4) is 0 Å². The Bertz CT molecular complexity index is 1530. The second-order valence-corrected chi connectivity index (χ2v) is 10.9. The zero-order valence-electron chi connectivity index (χ0n) is 21.8. The summed E-state index contributed by atoms with van der Waals surface area (Å²) in [5, 5.41) is 6.75. The number of nitrogens with one attached hydrogen (secondary N) is 1. The Morgan fingerprint density at radius 2 is 1.63 bits per heavy atom. The number of aryl methyl sites for hydroxylation is 2. The normalized spacial score (nSPS) is 14.0. The van der Waals surface area contributed by atoms with Gasteiger partial charge in [0.25, 0.3) is 0 Å². The third-order valence-corrected chi connectivity index (χ3v) is 7.94. The first-order valence-corrected chi connectivity index (χ1v) is 13.1. The molecule has 0 aliphatic carbocycles. The topological polar surface area (TPSA) is 134 Å². The SMILES string of the molecule is COc1cccc(OC)c1-n1c(NS(=O)(=O)[C@H](C)[C@@](C)(F)c2ncc(C)cn2)nnc1-c1cncc(C)c1. The van der Waals surface area contributed by atoms with Crippen molar-refractivity contribution < 1.29 is 22.3 Å². The highest BCUT2D eigenvalue weighted by atomic mass is 32.2. The Balaban J connectivity index is 1.86. The Kier molecular flexibility index (Phi) is 7.31. The van der Waals surface area contributed by atoms with Crippen molar-refractivity contribution in [2.45, 2.75) is 38.6 Å². The lowest BCUT2D eigenvalue weighted by Crippen LogP contribution is -2.41. The summed E-state index contributed by atoms with van der Waals surface area (Å²) in [7, 11) is -1.46. The van der Waals surface area contributed by atoms with Crippen LogP contribution in [0.4, 0.5) is 10.3 Å². The van der Waals surface area contributed by atoms with Gasteiger partial charge in [0.15, 0.2) is 17.3 Å². The van der Waals surface area contributed by atoms with Gasteiger partial charge in [0.1, 0.15) is 22.4 Å². The summed E-state index contributed by atoms with van der Waals surface area (Å²) in [4.78, 5) is 12.2. The molecule has 0 bridgehead atoms. The van der Waals surface area contributed by atoms with E-state index in [-0.39, 0.29) is 17.6 Å². The molecule has 0 radical (unpaired) electrons. The molecule has 4 aromatic rings. The standard InChI is InChI=1S/C25H28FN7O4S/c1-15-10-18(14-27-11-15)22-30-31-24(33(22)21-19(36-5)8-7-9-20(21)37-6)32-38(34,35)17(3)25(4,26)23-28-12-16(2)13-29-23/h7-14,17H,1-6H3,(H,31,32)/t17-,25-/m1/s1. The van der Waals surface area contributed by atoms with E-state index in [1.54, 1.807) is 37.5 Å². The van der Waals surface area contributed by atoms with E-state index in [2.05, 4.69) is 29.9 Å². The maximum atomic E-state index is 15.9. The maximum absolute atomic E-state index is 15.9.